The van der Waals surface area contributed by atoms with Gasteiger partial charge in [0, 0.05) is 26.7 Å². The lowest BCUT2D eigenvalue weighted by Crippen LogP contribution is -2.29. The zero-order valence-electron chi connectivity index (χ0n) is 11.5. The molecule has 1 saturated carbocycles. The van der Waals surface area contributed by atoms with Gasteiger partial charge in [0.1, 0.15) is 18.5 Å². The van der Waals surface area contributed by atoms with E-state index in [1.807, 2.05) is 0 Å². The topological polar surface area (TPSA) is 79.5 Å². The normalized spacial score (nSPS) is 23.3. The van der Waals surface area contributed by atoms with Gasteiger partial charge < -0.3 is 19.9 Å². The highest BCUT2D eigenvalue weighted by molar-refractivity contribution is 5.32. The average molecular weight is 267 g/mol. The smallest absolute Gasteiger partial charge is 0.219 e. The van der Waals surface area contributed by atoms with Gasteiger partial charge >= 0.3 is 0 Å². The van der Waals surface area contributed by atoms with Crippen molar-refractivity contribution in [2.24, 2.45) is 0 Å². The van der Waals surface area contributed by atoms with Gasteiger partial charge in [-0.25, -0.2) is 4.98 Å². The first-order valence-electron chi connectivity index (χ1n) is 6.53. The van der Waals surface area contributed by atoms with Crippen LogP contribution in [0.25, 0.3) is 0 Å². The number of nitrogens with zero attached hydrogens (tertiary/aromatic N) is 2. The number of nitrogens with two attached hydrogens (primary N) is 1. The molecule has 0 bridgehead atoms. The van der Waals surface area contributed by atoms with Gasteiger partial charge in [-0.05, 0) is 19.3 Å². The zero-order valence-corrected chi connectivity index (χ0v) is 11.5. The Balaban J connectivity index is 2.01. The van der Waals surface area contributed by atoms with Gasteiger partial charge in [-0.15, -0.1) is 0 Å². The molecule has 0 saturated heterocycles. The maximum atomic E-state index is 5.89. The lowest BCUT2D eigenvalue weighted by molar-refractivity contribution is 0.0193. The Morgan fingerprint density at radius 1 is 1.26 bits per heavy atom. The highest BCUT2D eigenvalue weighted by atomic mass is 16.5. The van der Waals surface area contributed by atoms with E-state index in [1.54, 1.807) is 20.3 Å². The van der Waals surface area contributed by atoms with E-state index >= 15 is 0 Å². The van der Waals surface area contributed by atoms with Crippen molar-refractivity contribution in [3.8, 4) is 5.88 Å². The van der Waals surface area contributed by atoms with Crippen molar-refractivity contribution < 1.29 is 14.2 Å². The Bertz CT molecular complexity index is 414. The molecule has 0 aliphatic heterocycles. The van der Waals surface area contributed by atoms with Gasteiger partial charge in [-0.1, -0.05) is 0 Å². The number of aromatic nitrogens is 2. The molecular formula is C13H21N3O3. The molecule has 0 radical (unpaired) electrons. The molecular weight excluding hydrogens is 246 g/mol. The van der Waals surface area contributed by atoms with Gasteiger partial charge in [0.25, 0.3) is 0 Å². The molecule has 1 aliphatic rings. The molecule has 0 aromatic carbocycles. The number of methoxy groups -OCH3 is 2. The summed E-state index contributed by atoms with van der Waals surface area (Å²) in [4.78, 5) is 8.37. The summed E-state index contributed by atoms with van der Waals surface area (Å²) < 4.78 is 16.3. The number of hydrogen-bond acceptors (Lipinski definition) is 6. The van der Waals surface area contributed by atoms with Gasteiger partial charge in [0.05, 0.1) is 6.10 Å². The molecule has 19 heavy (non-hydrogen) atoms. The average Bonchev–Trinajstić information content (AvgIpc) is 2.38. The van der Waals surface area contributed by atoms with Gasteiger partial charge in [-0.2, -0.15) is 4.98 Å². The summed E-state index contributed by atoms with van der Waals surface area (Å²) in [5.74, 6) is 1.45. The maximum Gasteiger partial charge on any atom is 0.219 e. The zero-order chi connectivity index (χ0) is 13.7. The summed E-state index contributed by atoms with van der Waals surface area (Å²) >= 11 is 0. The fraction of sp³-hybridized carbons (Fsp3) is 0.692. The molecule has 2 rings (SSSR count). The van der Waals surface area contributed by atoms with Crippen LogP contribution in [0.2, 0.25) is 0 Å². The van der Waals surface area contributed by atoms with E-state index in [0.717, 1.165) is 25.7 Å². The van der Waals surface area contributed by atoms with E-state index in [-0.39, 0.29) is 12.2 Å². The van der Waals surface area contributed by atoms with Crippen molar-refractivity contribution >= 4 is 5.82 Å². The van der Waals surface area contributed by atoms with E-state index in [9.17, 15) is 0 Å². The first kappa shape index (κ1) is 14.0. The molecule has 1 heterocycles. The van der Waals surface area contributed by atoms with Crippen molar-refractivity contribution in [2.75, 3.05) is 20.0 Å². The second kappa shape index (κ2) is 6.68. The molecule has 2 N–H and O–H groups in total. The summed E-state index contributed by atoms with van der Waals surface area (Å²) in [6.07, 6.45) is 4.51. The Labute approximate surface area is 113 Å². The molecule has 2 atom stereocenters. The van der Waals surface area contributed by atoms with Crippen LogP contribution in [0.3, 0.4) is 0 Å². The molecule has 6 nitrogen and oxygen atoms in total. The number of rotatable bonds is 5. The van der Waals surface area contributed by atoms with Crippen LogP contribution < -0.4 is 10.5 Å². The lowest BCUT2D eigenvalue weighted by Gasteiger charge is -2.28. The van der Waals surface area contributed by atoms with Crippen molar-refractivity contribution in [3.63, 3.8) is 0 Å². The van der Waals surface area contributed by atoms with Crippen molar-refractivity contribution in [3.05, 3.63) is 11.9 Å². The molecule has 1 aromatic heterocycles. The first-order valence-corrected chi connectivity index (χ1v) is 6.53. The van der Waals surface area contributed by atoms with Crippen LogP contribution in [-0.2, 0) is 16.1 Å². The van der Waals surface area contributed by atoms with Crippen molar-refractivity contribution in [2.45, 2.75) is 44.5 Å². The van der Waals surface area contributed by atoms with E-state index in [1.165, 1.54) is 0 Å². The molecule has 0 spiro atoms. The molecule has 6 heteroatoms. The summed E-state index contributed by atoms with van der Waals surface area (Å²) in [5, 5.41) is 0. The summed E-state index contributed by atoms with van der Waals surface area (Å²) in [5.41, 5.74) is 5.74. The van der Waals surface area contributed by atoms with Gasteiger partial charge in [0.15, 0.2) is 5.82 Å². The highest BCUT2D eigenvalue weighted by Gasteiger charge is 2.23. The molecule has 0 amide bonds. The highest BCUT2D eigenvalue weighted by Crippen LogP contribution is 2.25. The largest absolute Gasteiger partial charge is 0.474 e. The summed E-state index contributed by atoms with van der Waals surface area (Å²) in [7, 11) is 3.34. The second-order valence-corrected chi connectivity index (χ2v) is 4.74. The van der Waals surface area contributed by atoms with Crippen LogP contribution in [0, 0.1) is 0 Å². The van der Waals surface area contributed by atoms with Crippen molar-refractivity contribution in [1.82, 2.24) is 9.97 Å². The molecule has 1 aliphatic carbocycles. The molecule has 1 aromatic rings. The third kappa shape index (κ3) is 4.04. The molecule has 1 fully saturated rings. The molecule has 2 unspecified atom stereocenters. The van der Waals surface area contributed by atoms with E-state index in [0.29, 0.717) is 24.1 Å². The van der Waals surface area contributed by atoms with E-state index < -0.39 is 0 Å². The minimum Gasteiger partial charge on any atom is -0.474 e. The maximum absolute atomic E-state index is 5.89. The first-order chi connectivity index (χ1) is 9.21. The third-order valence-electron chi connectivity index (χ3n) is 3.24. The van der Waals surface area contributed by atoms with Crippen LogP contribution in [0.4, 0.5) is 5.82 Å². The predicted octanol–water partition coefficient (Wildman–Crippen LogP) is 1.54. The summed E-state index contributed by atoms with van der Waals surface area (Å²) in [6, 6.07) is 1.65. The quantitative estimate of drug-likeness (QED) is 0.871. The number of anilines is 1. The van der Waals surface area contributed by atoms with Gasteiger partial charge in [-0.3, -0.25) is 0 Å². The van der Waals surface area contributed by atoms with Crippen LogP contribution in [0.5, 0.6) is 5.88 Å². The minimum atomic E-state index is 0.128. The lowest BCUT2D eigenvalue weighted by atomic mass is 9.95. The predicted molar refractivity (Wildman–Crippen MR) is 70.8 cm³/mol. The number of hydrogen-bond donors (Lipinski definition) is 1. The fourth-order valence-corrected chi connectivity index (χ4v) is 2.34. The Morgan fingerprint density at radius 3 is 2.79 bits per heavy atom. The standard InChI is InChI=1S/C13H21N3O3/c1-17-8-12-15-11(14)7-13(16-12)19-10-5-3-4-9(6-10)18-2/h7,9-10H,3-6,8H2,1-2H3,(H2,14,15,16). The third-order valence-corrected chi connectivity index (χ3v) is 3.24. The Morgan fingerprint density at radius 2 is 2.05 bits per heavy atom. The van der Waals surface area contributed by atoms with Crippen LogP contribution in [0.15, 0.2) is 6.07 Å². The number of nitrogen functional groups attached to an aromatic ring is 1. The minimum absolute atomic E-state index is 0.128. The number of ether oxygens (including phenoxy) is 3. The van der Waals surface area contributed by atoms with Gasteiger partial charge in [0.2, 0.25) is 5.88 Å². The molecule has 106 valence electrons. The fourth-order valence-electron chi connectivity index (χ4n) is 2.34. The SMILES string of the molecule is COCc1nc(N)cc(OC2CCCC(OC)C2)n1. The van der Waals surface area contributed by atoms with Crippen molar-refractivity contribution in [1.29, 1.82) is 0 Å². The monoisotopic (exact) mass is 267 g/mol. The Hall–Kier alpha value is -1.40. The Kier molecular flexibility index (Phi) is 4.93. The van der Waals surface area contributed by atoms with E-state index in [4.69, 9.17) is 19.9 Å². The van der Waals surface area contributed by atoms with Crippen LogP contribution in [-0.4, -0.2) is 36.4 Å². The van der Waals surface area contributed by atoms with Crippen LogP contribution >= 0.6 is 0 Å². The summed E-state index contributed by atoms with van der Waals surface area (Å²) in [6.45, 7) is 0.326. The van der Waals surface area contributed by atoms with E-state index in [2.05, 4.69) is 9.97 Å². The van der Waals surface area contributed by atoms with Crippen LogP contribution in [0.1, 0.15) is 31.5 Å². The second-order valence-electron chi connectivity index (χ2n) is 4.74.